The van der Waals surface area contributed by atoms with Crippen LogP contribution in [0.4, 0.5) is 10.1 Å². The molecule has 0 fully saturated rings. The molecule has 0 spiro atoms. The largest absolute Gasteiger partial charge is 0.496 e. The number of nitriles is 1. The highest BCUT2D eigenvalue weighted by molar-refractivity contribution is 9.10. The van der Waals surface area contributed by atoms with E-state index in [0.717, 1.165) is 5.56 Å². The average molecular weight is 523 g/mol. The number of halogens is 2. The van der Waals surface area contributed by atoms with Gasteiger partial charge < -0.3 is 14.8 Å². The van der Waals surface area contributed by atoms with Gasteiger partial charge in [0.15, 0.2) is 0 Å². The van der Waals surface area contributed by atoms with E-state index in [4.69, 9.17) is 4.74 Å². The molecule has 0 aromatic heterocycles. The van der Waals surface area contributed by atoms with Crippen LogP contribution in [0.2, 0.25) is 0 Å². The first-order valence-corrected chi connectivity index (χ1v) is 10.9. The van der Waals surface area contributed by atoms with Crippen LogP contribution in [0.25, 0.3) is 6.08 Å². The number of nitrogens with one attached hydrogen (secondary N) is 1. The minimum Gasteiger partial charge on any atom is -0.496 e. The second kappa shape index (κ2) is 11.3. The van der Waals surface area contributed by atoms with Crippen LogP contribution in [-0.2, 0) is 16.0 Å². The standard InChI is InChI=1S/C26H20BrFN2O4/c1-33-24-13-16(12-22(27)21(24)14-18-5-3-4-6-23(18)28)11-19(15-29)25(31)30-20-9-7-17(8-10-20)26(32)34-2/h3-13H,14H2,1-2H3,(H,30,31)/b19-11+. The number of hydrogen-bond donors (Lipinski definition) is 1. The second-order valence-electron chi connectivity index (χ2n) is 7.14. The van der Waals surface area contributed by atoms with E-state index in [2.05, 4.69) is 26.0 Å². The molecule has 0 aliphatic heterocycles. The van der Waals surface area contributed by atoms with Crippen molar-refractivity contribution >= 4 is 39.6 Å². The Morgan fingerprint density at radius 1 is 1.12 bits per heavy atom. The number of hydrogen-bond acceptors (Lipinski definition) is 5. The molecule has 0 heterocycles. The van der Waals surface area contributed by atoms with Gasteiger partial charge in [0.25, 0.3) is 5.91 Å². The highest BCUT2D eigenvalue weighted by atomic mass is 79.9. The maximum absolute atomic E-state index is 14.1. The third kappa shape index (κ3) is 5.88. The van der Waals surface area contributed by atoms with Crippen LogP contribution in [-0.4, -0.2) is 26.1 Å². The molecule has 0 saturated heterocycles. The van der Waals surface area contributed by atoms with E-state index in [9.17, 15) is 19.2 Å². The molecular formula is C26H20BrFN2O4. The molecule has 3 aromatic carbocycles. The Hall–Kier alpha value is -3.96. The van der Waals surface area contributed by atoms with Crippen molar-refractivity contribution in [2.24, 2.45) is 0 Å². The van der Waals surface area contributed by atoms with E-state index in [-0.39, 0.29) is 11.4 Å². The van der Waals surface area contributed by atoms with E-state index in [1.807, 2.05) is 6.07 Å². The van der Waals surface area contributed by atoms with Gasteiger partial charge in [-0.15, -0.1) is 0 Å². The molecule has 0 aliphatic carbocycles. The molecule has 0 atom stereocenters. The van der Waals surface area contributed by atoms with Gasteiger partial charge >= 0.3 is 5.97 Å². The number of benzene rings is 3. The van der Waals surface area contributed by atoms with Crippen LogP contribution >= 0.6 is 15.9 Å². The lowest BCUT2D eigenvalue weighted by atomic mass is 10.0. The van der Waals surface area contributed by atoms with Gasteiger partial charge in [0.05, 0.1) is 19.8 Å². The van der Waals surface area contributed by atoms with Gasteiger partial charge in [-0.05, 0) is 59.7 Å². The SMILES string of the molecule is COC(=O)c1ccc(NC(=O)/C(C#N)=C/c2cc(Br)c(Cc3ccccc3F)c(OC)c2)cc1. The van der Waals surface area contributed by atoms with E-state index in [0.29, 0.717) is 39.0 Å². The van der Waals surface area contributed by atoms with Gasteiger partial charge in [0, 0.05) is 22.1 Å². The van der Waals surface area contributed by atoms with Gasteiger partial charge in [-0.2, -0.15) is 5.26 Å². The summed E-state index contributed by atoms with van der Waals surface area (Å²) in [6, 6.07) is 17.9. The predicted molar refractivity (Wildman–Crippen MR) is 130 cm³/mol. The fraction of sp³-hybridized carbons (Fsp3) is 0.115. The summed E-state index contributed by atoms with van der Waals surface area (Å²) >= 11 is 3.49. The third-order valence-electron chi connectivity index (χ3n) is 4.96. The average Bonchev–Trinajstić information content (AvgIpc) is 2.84. The van der Waals surface area contributed by atoms with Crippen molar-refractivity contribution in [1.29, 1.82) is 5.26 Å². The van der Waals surface area contributed by atoms with E-state index in [1.165, 1.54) is 50.6 Å². The second-order valence-corrected chi connectivity index (χ2v) is 8.00. The van der Waals surface area contributed by atoms with Crippen molar-refractivity contribution in [2.45, 2.75) is 6.42 Å². The Labute approximate surface area is 204 Å². The summed E-state index contributed by atoms with van der Waals surface area (Å²) in [5.41, 5.74) is 2.42. The molecule has 0 saturated carbocycles. The zero-order valence-electron chi connectivity index (χ0n) is 18.4. The van der Waals surface area contributed by atoms with Gasteiger partial charge in [0.1, 0.15) is 23.2 Å². The van der Waals surface area contributed by atoms with Crippen LogP contribution in [0, 0.1) is 17.1 Å². The number of amides is 1. The minimum atomic E-state index is -0.612. The number of carbonyl (C=O) groups excluding carboxylic acids is 2. The van der Waals surface area contributed by atoms with Crippen LogP contribution in [0.1, 0.15) is 27.0 Å². The number of methoxy groups -OCH3 is 2. The Kier molecular flexibility index (Phi) is 8.17. The van der Waals surface area contributed by atoms with Crippen molar-refractivity contribution in [1.82, 2.24) is 0 Å². The van der Waals surface area contributed by atoms with Crippen molar-refractivity contribution < 1.29 is 23.5 Å². The summed E-state index contributed by atoms with van der Waals surface area (Å²) in [6.45, 7) is 0. The summed E-state index contributed by atoms with van der Waals surface area (Å²) in [4.78, 5) is 24.2. The Bertz CT molecular complexity index is 1300. The molecule has 6 nitrogen and oxygen atoms in total. The van der Waals surface area contributed by atoms with Gasteiger partial charge in [-0.1, -0.05) is 34.1 Å². The fourth-order valence-corrected chi connectivity index (χ4v) is 3.82. The van der Waals surface area contributed by atoms with Gasteiger partial charge in [-0.25, -0.2) is 9.18 Å². The Balaban J connectivity index is 1.84. The lowest BCUT2D eigenvalue weighted by Gasteiger charge is -2.13. The zero-order valence-corrected chi connectivity index (χ0v) is 20.0. The van der Waals surface area contributed by atoms with Crippen LogP contribution in [0.5, 0.6) is 5.75 Å². The molecule has 0 aliphatic rings. The summed E-state index contributed by atoms with van der Waals surface area (Å²) < 4.78 is 24.9. The summed E-state index contributed by atoms with van der Waals surface area (Å²) in [5.74, 6) is -0.934. The molecule has 1 amide bonds. The van der Waals surface area contributed by atoms with E-state index < -0.39 is 11.9 Å². The monoisotopic (exact) mass is 522 g/mol. The minimum absolute atomic E-state index is 0.132. The Morgan fingerprint density at radius 3 is 2.44 bits per heavy atom. The lowest BCUT2D eigenvalue weighted by molar-refractivity contribution is -0.112. The number of rotatable bonds is 7. The Morgan fingerprint density at radius 2 is 1.82 bits per heavy atom. The first-order valence-electron chi connectivity index (χ1n) is 10.1. The predicted octanol–water partition coefficient (Wildman–Crippen LogP) is 5.52. The van der Waals surface area contributed by atoms with Crippen molar-refractivity contribution in [2.75, 3.05) is 19.5 Å². The number of carbonyl (C=O) groups is 2. The maximum atomic E-state index is 14.1. The van der Waals surface area contributed by atoms with Crippen LogP contribution in [0.15, 0.2) is 70.7 Å². The molecule has 3 aromatic rings. The summed E-state index contributed by atoms with van der Waals surface area (Å²) in [6.07, 6.45) is 1.73. The third-order valence-corrected chi connectivity index (χ3v) is 5.67. The van der Waals surface area contributed by atoms with Crippen LogP contribution < -0.4 is 10.1 Å². The maximum Gasteiger partial charge on any atom is 0.337 e. The quantitative estimate of drug-likeness (QED) is 0.250. The topological polar surface area (TPSA) is 88.4 Å². The molecule has 0 unspecified atom stereocenters. The normalized spacial score (nSPS) is 10.9. The van der Waals surface area contributed by atoms with E-state index in [1.54, 1.807) is 30.3 Å². The fourth-order valence-electron chi connectivity index (χ4n) is 3.22. The molecule has 172 valence electrons. The first kappa shape index (κ1) is 24.7. The van der Waals surface area contributed by atoms with Gasteiger partial charge in [-0.3, -0.25) is 4.79 Å². The van der Waals surface area contributed by atoms with Crippen LogP contribution in [0.3, 0.4) is 0 Å². The van der Waals surface area contributed by atoms with Crippen molar-refractivity contribution in [3.05, 3.63) is 98.8 Å². The molecule has 1 N–H and O–H groups in total. The highest BCUT2D eigenvalue weighted by Gasteiger charge is 2.15. The van der Waals surface area contributed by atoms with Crippen molar-refractivity contribution in [3.63, 3.8) is 0 Å². The molecule has 0 bridgehead atoms. The number of ether oxygens (including phenoxy) is 2. The first-order chi connectivity index (χ1) is 16.4. The summed E-state index contributed by atoms with van der Waals surface area (Å²) in [7, 11) is 2.78. The highest BCUT2D eigenvalue weighted by Crippen LogP contribution is 2.32. The molecule has 0 radical (unpaired) electrons. The smallest absolute Gasteiger partial charge is 0.337 e. The zero-order chi connectivity index (χ0) is 24.7. The molecule has 8 heteroatoms. The number of anilines is 1. The van der Waals surface area contributed by atoms with E-state index >= 15 is 0 Å². The lowest BCUT2D eigenvalue weighted by Crippen LogP contribution is -2.13. The molecule has 3 rings (SSSR count). The molecule has 34 heavy (non-hydrogen) atoms. The number of nitrogens with zero attached hydrogens (tertiary/aromatic N) is 1. The van der Waals surface area contributed by atoms with Gasteiger partial charge in [0.2, 0.25) is 0 Å². The molecular weight excluding hydrogens is 503 g/mol. The summed E-state index contributed by atoms with van der Waals surface area (Å²) in [5, 5.41) is 12.2. The van der Waals surface area contributed by atoms with Crippen molar-refractivity contribution in [3.8, 4) is 11.8 Å². The number of esters is 1.